The van der Waals surface area contributed by atoms with Crippen LogP contribution in [0.1, 0.15) is 18.0 Å². The van der Waals surface area contributed by atoms with Gasteiger partial charge in [-0.2, -0.15) is 11.8 Å². The summed E-state index contributed by atoms with van der Waals surface area (Å²) in [7, 11) is 0. The predicted octanol–water partition coefficient (Wildman–Crippen LogP) is 1.01. The van der Waals surface area contributed by atoms with Gasteiger partial charge in [0.05, 0.1) is 18.7 Å². The largest absolute Gasteiger partial charge is 0.394 e. The van der Waals surface area contributed by atoms with Gasteiger partial charge < -0.3 is 15.7 Å². The van der Waals surface area contributed by atoms with Crippen LogP contribution in [-0.2, 0) is 4.79 Å². The Morgan fingerprint density at radius 2 is 2.16 bits per heavy atom. The number of likely N-dealkylation sites (tertiary alicyclic amines) is 1. The molecule has 0 aliphatic carbocycles. The number of carbonyl (C=O) groups is 1. The van der Waals surface area contributed by atoms with Gasteiger partial charge in [-0.1, -0.05) is 30.3 Å². The Morgan fingerprint density at radius 3 is 2.74 bits per heavy atom. The molecule has 4 nitrogen and oxygen atoms in total. The molecule has 1 aromatic carbocycles. The molecule has 0 saturated carbocycles. The number of rotatable bonds is 4. The maximum Gasteiger partial charge on any atom is 0.240 e. The zero-order valence-corrected chi connectivity index (χ0v) is 11.8. The molecule has 1 aliphatic rings. The Bertz CT molecular complexity index is 427. The molecule has 1 amide bonds. The van der Waals surface area contributed by atoms with Crippen molar-refractivity contribution in [3.63, 3.8) is 0 Å². The number of aliphatic hydroxyl groups is 1. The standard InChI is InChI=1S/C14H20N2O2S/c1-19-11-7-12(15)14(18)16(8-11)13(9-17)10-5-3-2-4-6-10/h2-6,11-13,17H,7-9,15H2,1H3/t11-,12-,13-/m0/s1. The van der Waals surface area contributed by atoms with Gasteiger partial charge >= 0.3 is 0 Å². The van der Waals surface area contributed by atoms with E-state index >= 15 is 0 Å². The van der Waals surface area contributed by atoms with Crippen LogP contribution in [0.2, 0.25) is 0 Å². The van der Waals surface area contributed by atoms with Gasteiger partial charge in [0.2, 0.25) is 5.91 Å². The van der Waals surface area contributed by atoms with Gasteiger partial charge in [0, 0.05) is 11.8 Å². The molecule has 19 heavy (non-hydrogen) atoms. The Morgan fingerprint density at radius 1 is 1.47 bits per heavy atom. The zero-order valence-electron chi connectivity index (χ0n) is 11.0. The number of hydrogen-bond donors (Lipinski definition) is 2. The minimum Gasteiger partial charge on any atom is -0.394 e. The van der Waals surface area contributed by atoms with E-state index in [-0.39, 0.29) is 18.6 Å². The molecule has 1 saturated heterocycles. The Labute approximate surface area is 118 Å². The second kappa shape index (κ2) is 6.41. The number of thioether (sulfide) groups is 1. The van der Waals surface area contributed by atoms with E-state index < -0.39 is 6.04 Å². The maximum atomic E-state index is 12.2. The first-order valence-corrected chi connectivity index (χ1v) is 7.70. The summed E-state index contributed by atoms with van der Waals surface area (Å²) in [4.78, 5) is 14.0. The summed E-state index contributed by atoms with van der Waals surface area (Å²) in [5.74, 6) is -0.0618. The van der Waals surface area contributed by atoms with Gasteiger partial charge in [-0.3, -0.25) is 4.79 Å². The molecule has 5 heteroatoms. The van der Waals surface area contributed by atoms with Gasteiger partial charge in [-0.15, -0.1) is 0 Å². The van der Waals surface area contributed by atoms with Gasteiger partial charge in [0.1, 0.15) is 0 Å². The van der Waals surface area contributed by atoms with E-state index in [1.807, 2.05) is 36.6 Å². The quantitative estimate of drug-likeness (QED) is 0.864. The Kier molecular flexibility index (Phi) is 4.85. The summed E-state index contributed by atoms with van der Waals surface area (Å²) < 4.78 is 0. The van der Waals surface area contributed by atoms with Gasteiger partial charge in [0.25, 0.3) is 0 Å². The lowest BCUT2D eigenvalue weighted by Gasteiger charge is -2.39. The highest BCUT2D eigenvalue weighted by Gasteiger charge is 2.35. The summed E-state index contributed by atoms with van der Waals surface area (Å²) in [6.45, 7) is 0.567. The van der Waals surface area contributed by atoms with Crippen molar-refractivity contribution in [3.05, 3.63) is 35.9 Å². The van der Waals surface area contributed by atoms with Crippen LogP contribution in [-0.4, -0.2) is 46.6 Å². The molecule has 0 aromatic heterocycles. The maximum absolute atomic E-state index is 12.2. The van der Waals surface area contributed by atoms with Crippen LogP contribution in [0, 0.1) is 0 Å². The number of hydrogen-bond acceptors (Lipinski definition) is 4. The normalized spacial score (nSPS) is 25.4. The van der Waals surface area contributed by atoms with Crippen LogP contribution >= 0.6 is 11.8 Å². The molecule has 1 aromatic rings. The van der Waals surface area contributed by atoms with Crippen molar-refractivity contribution >= 4 is 17.7 Å². The first-order valence-electron chi connectivity index (χ1n) is 6.42. The fourth-order valence-corrected chi connectivity index (χ4v) is 3.20. The second-order valence-corrected chi connectivity index (χ2v) is 5.94. The summed E-state index contributed by atoms with van der Waals surface area (Å²) in [5, 5.41) is 9.99. The van der Waals surface area contributed by atoms with Crippen molar-refractivity contribution in [1.29, 1.82) is 0 Å². The minimum atomic E-state index is -0.455. The first kappa shape index (κ1) is 14.4. The van der Waals surface area contributed by atoms with Crippen LogP contribution in [0.5, 0.6) is 0 Å². The zero-order chi connectivity index (χ0) is 13.8. The topological polar surface area (TPSA) is 66.6 Å². The molecule has 0 radical (unpaired) electrons. The number of carbonyl (C=O) groups excluding carboxylic acids is 1. The summed E-state index contributed by atoms with van der Waals surface area (Å²) in [5.41, 5.74) is 6.87. The smallest absolute Gasteiger partial charge is 0.240 e. The van der Waals surface area contributed by atoms with Crippen molar-refractivity contribution in [3.8, 4) is 0 Å². The number of piperidine rings is 1. The summed E-state index contributed by atoms with van der Waals surface area (Å²) >= 11 is 1.72. The number of aliphatic hydroxyl groups excluding tert-OH is 1. The predicted molar refractivity (Wildman–Crippen MR) is 77.9 cm³/mol. The monoisotopic (exact) mass is 280 g/mol. The third kappa shape index (κ3) is 3.11. The van der Waals surface area contributed by atoms with Crippen molar-refractivity contribution in [2.24, 2.45) is 5.73 Å². The highest BCUT2D eigenvalue weighted by molar-refractivity contribution is 7.99. The SMILES string of the molecule is CS[C@H]1C[C@H](N)C(=O)N([C@@H](CO)c2ccccc2)C1. The van der Waals surface area contributed by atoms with Gasteiger partial charge in [-0.05, 0) is 18.2 Å². The third-order valence-corrected chi connectivity index (χ3v) is 4.59. The Hall–Kier alpha value is -1.04. The molecule has 0 unspecified atom stereocenters. The fourth-order valence-electron chi connectivity index (χ4n) is 2.49. The first-order chi connectivity index (χ1) is 9.17. The highest BCUT2D eigenvalue weighted by atomic mass is 32.2. The lowest BCUT2D eigenvalue weighted by atomic mass is 9.99. The molecule has 1 aliphatic heterocycles. The van der Waals surface area contributed by atoms with Crippen molar-refractivity contribution in [2.75, 3.05) is 19.4 Å². The van der Waals surface area contributed by atoms with Crippen LogP contribution in [0.15, 0.2) is 30.3 Å². The van der Waals surface area contributed by atoms with Gasteiger partial charge in [-0.25, -0.2) is 0 Å². The van der Waals surface area contributed by atoms with E-state index in [2.05, 4.69) is 0 Å². The number of amides is 1. The van der Waals surface area contributed by atoms with Crippen LogP contribution in [0.4, 0.5) is 0 Å². The highest BCUT2D eigenvalue weighted by Crippen LogP contribution is 2.28. The second-order valence-electron chi connectivity index (χ2n) is 4.80. The molecular formula is C14H20N2O2S. The molecule has 3 N–H and O–H groups in total. The molecule has 104 valence electrons. The van der Waals surface area contributed by atoms with Crippen molar-refractivity contribution in [2.45, 2.75) is 23.8 Å². The van der Waals surface area contributed by atoms with E-state index in [0.29, 0.717) is 18.2 Å². The van der Waals surface area contributed by atoms with Crippen LogP contribution in [0.3, 0.4) is 0 Å². The molecule has 0 bridgehead atoms. The molecule has 0 spiro atoms. The van der Waals surface area contributed by atoms with E-state index in [1.54, 1.807) is 16.7 Å². The average molecular weight is 280 g/mol. The lowest BCUT2D eigenvalue weighted by molar-refractivity contribution is -0.138. The van der Waals surface area contributed by atoms with Crippen LogP contribution < -0.4 is 5.73 Å². The molecule has 1 fully saturated rings. The molecule has 1 heterocycles. The Balaban J connectivity index is 2.23. The van der Waals surface area contributed by atoms with Crippen LogP contribution in [0.25, 0.3) is 0 Å². The van der Waals surface area contributed by atoms with E-state index in [9.17, 15) is 9.90 Å². The number of nitrogens with two attached hydrogens (primary N) is 1. The minimum absolute atomic E-state index is 0.0618. The van der Waals surface area contributed by atoms with Crippen molar-refractivity contribution < 1.29 is 9.90 Å². The summed E-state index contributed by atoms with van der Waals surface area (Å²) in [6.07, 6.45) is 2.74. The average Bonchev–Trinajstić information content (AvgIpc) is 2.45. The fraction of sp³-hybridized carbons (Fsp3) is 0.500. The lowest BCUT2D eigenvalue weighted by Crippen LogP contribution is -2.54. The number of nitrogens with zero attached hydrogens (tertiary/aromatic N) is 1. The van der Waals surface area contributed by atoms with Crippen molar-refractivity contribution in [1.82, 2.24) is 4.90 Å². The van der Waals surface area contributed by atoms with E-state index in [1.165, 1.54) is 0 Å². The molecular weight excluding hydrogens is 260 g/mol. The number of benzene rings is 1. The molecule has 2 rings (SSSR count). The third-order valence-electron chi connectivity index (χ3n) is 3.58. The van der Waals surface area contributed by atoms with E-state index in [4.69, 9.17) is 5.73 Å². The molecule has 3 atom stereocenters. The van der Waals surface area contributed by atoms with Gasteiger partial charge in [0.15, 0.2) is 0 Å². The van der Waals surface area contributed by atoms with E-state index in [0.717, 1.165) is 5.56 Å². The summed E-state index contributed by atoms with van der Waals surface area (Å²) in [6, 6.07) is 8.87.